The largest absolute Gasteiger partial charge is 0.457 e. The van der Waals surface area contributed by atoms with Crippen molar-refractivity contribution in [3.8, 4) is 22.6 Å². The van der Waals surface area contributed by atoms with Crippen molar-refractivity contribution in [1.29, 1.82) is 5.41 Å². The van der Waals surface area contributed by atoms with Crippen LogP contribution in [0.2, 0.25) is 0 Å². The smallest absolute Gasteiger partial charge is 0.323 e. The van der Waals surface area contributed by atoms with Crippen LogP contribution >= 0.6 is 11.3 Å². The predicted molar refractivity (Wildman–Crippen MR) is 146 cm³/mol. The zero-order valence-electron chi connectivity index (χ0n) is 19.7. The summed E-state index contributed by atoms with van der Waals surface area (Å²) >= 11 is 1.58. The Morgan fingerprint density at radius 1 is 0.946 bits per heavy atom. The SMILES string of the molecule is Cc1sc2ncnc(N)c2c1-c1ccc(NC(=O)Nc2cccc(Oc3ccccc3)c2)cc1.N=C=O. The van der Waals surface area contributed by atoms with Crippen molar-refractivity contribution in [3.63, 3.8) is 0 Å². The van der Waals surface area contributed by atoms with Gasteiger partial charge in [0.1, 0.15) is 28.5 Å². The second-order valence-corrected chi connectivity index (χ2v) is 8.88. The van der Waals surface area contributed by atoms with E-state index in [1.165, 1.54) is 6.33 Å². The summed E-state index contributed by atoms with van der Waals surface area (Å²) in [5, 5.41) is 12.0. The van der Waals surface area contributed by atoms with Crippen LogP contribution in [0.1, 0.15) is 4.88 Å². The Kier molecular flexibility index (Phi) is 7.85. The molecule has 0 saturated carbocycles. The Labute approximate surface area is 216 Å². The summed E-state index contributed by atoms with van der Waals surface area (Å²) in [4.78, 5) is 31.3. The van der Waals surface area contributed by atoms with E-state index in [0.29, 0.717) is 22.9 Å². The number of isocyanates is 1. The highest BCUT2D eigenvalue weighted by molar-refractivity contribution is 7.19. The highest BCUT2D eigenvalue weighted by Crippen LogP contribution is 2.39. The van der Waals surface area contributed by atoms with Crippen LogP contribution in [0.4, 0.5) is 22.0 Å². The number of hydrogen-bond donors (Lipinski definition) is 4. The van der Waals surface area contributed by atoms with Gasteiger partial charge in [0.25, 0.3) is 0 Å². The summed E-state index contributed by atoms with van der Waals surface area (Å²) in [7, 11) is 0. The van der Waals surface area contributed by atoms with E-state index in [2.05, 4.69) is 20.6 Å². The van der Waals surface area contributed by atoms with E-state index < -0.39 is 0 Å². The summed E-state index contributed by atoms with van der Waals surface area (Å²) in [6.45, 7) is 2.04. The van der Waals surface area contributed by atoms with Crippen molar-refractivity contribution in [3.05, 3.63) is 90.1 Å². The number of thiophene rings is 1. The van der Waals surface area contributed by atoms with Gasteiger partial charge in [0.05, 0.1) is 5.39 Å². The second kappa shape index (κ2) is 11.6. The van der Waals surface area contributed by atoms with E-state index in [0.717, 1.165) is 38.1 Å². The monoisotopic (exact) mass is 510 g/mol. The van der Waals surface area contributed by atoms with E-state index in [4.69, 9.17) is 20.7 Å². The molecule has 5 rings (SSSR count). The summed E-state index contributed by atoms with van der Waals surface area (Å²) in [5.74, 6) is 1.82. The van der Waals surface area contributed by atoms with Gasteiger partial charge >= 0.3 is 6.03 Å². The summed E-state index contributed by atoms with van der Waals surface area (Å²) in [6.07, 6.45) is 2.23. The fourth-order valence-electron chi connectivity index (χ4n) is 3.69. The number of aromatic nitrogens is 2. The van der Waals surface area contributed by atoms with Crippen molar-refractivity contribution in [2.75, 3.05) is 16.4 Å². The molecule has 2 amide bonds. The number of anilines is 3. The van der Waals surface area contributed by atoms with Crippen LogP contribution in [-0.2, 0) is 4.79 Å². The molecule has 0 spiro atoms. The molecule has 10 heteroatoms. The Hall–Kier alpha value is -5.05. The third-order valence-corrected chi connectivity index (χ3v) is 6.21. The fraction of sp³-hybridized carbons (Fsp3) is 0.0370. The summed E-state index contributed by atoms with van der Waals surface area (Å²) in [5.41, 5.74) is 9.41. The highest BCUT2D eigenvalue weighted by Gasteiger charge is 2.15. The van der Waals surface area contributed by atoms with E-state index in [1.807, 2.05) is 73.7 Å². The number of rotatable bonds is 5. The highest BCUT2D eigenvalue weighted by atomic mass is 32.1. The topological polar surface area (TPSA) is 143 Å². The molecule has 37 heavy (non-hydrogen) atoms. The zero-order chi connectivity index (χ0) is 26.2. The maximum absolute atomic E-state index is 12.5. The number of nitrogens with one attached hydrogen (secondary N) is 3. The number of urea groups is 1. The van der Waals surface area contributed by atoms with E-state index >= 15 is 0 Å². The van der Waals surface area contributed by atoms with Gasteiger partial charge in [0.15, 0.2) is 0 Å². The quantitative estimate of drug-likeness (QED) is 0.155. The molecule has 0 aliphatic rings. The molecule has 0 unspecified atom stereocenters. The van der Waals surface area contributed by atoms with Crippen LogP contribution in [0.15, 0.2) is 85.2 Å². The number of nitrogens with two attached hydrogens (primary N) is 1. The molecule has 0 aliphatic carbocycles. The van der Waals surface area contributed by atoms with E-state index in [9.17, 15) is 4.79 Å². The van der Waals surface area contributed by atoms with Gasteiger partial charge in [0, 0.05) is 27.9 Å². The van der Waals surface area contributed by atoms with Gasteiger partial charge in [-0.2, -0.15) is 0 Å². The first-order chi connectivity index (χ1) is 18.0. The van der Waals surface area contributed by atoms with Crippen molar-refractivity contribution in [1.82, 2.24) is 9.97 Å². The molecule has 0 bridgehead atoms. The van der Waals surface area contributed by atoms with E-state index in [-0.39, 0.29) is 6.03 Å². The molecule has 184 valence electrons. The van der Waals surface area contributed by atoms with Gasteiger partial charge < -0.3 is 21.1 Å². The molecule has 0 fully saturated rings. The summed E-state index contributed by atoms with van der Waals surface area (Å²) in [6, 6.07) is 24.0. The van der Waals surface area contributed by atoms with Crippen LogP contribution in [-0.4, -0.2) is 22.1 Å². The van der Waals surface area contributed by atoms with E-state index in [1.54, 1.807) is 23.5 Å². The Morgan fingerprint density at radius 2 is 1.62 bits per heavy atom. The minimum atomic E-state index is -0.348. The van der Waals surface area contributed by atoms with Gasteiger partial charge in [0.2, 0.25) is 6.08 Å². The molecule has 2 heterocycles. The molecule has 0 radical (unpaired) electrons. The first-order valence-corrected chi connectivity index (χ1v) is 11.8. The molecule has 0 aliphatic heterocycles. The third-order valence-electron chi connectivity index (χ3n) is 5.20. The number of aryl methyl sites for hydroxylation is 1. The summed E-state index contributed by atoms with van der Waals surface area (Å²) < 4.78 is 5.83. The fourth-order valence-corrected chi connectivity index (χ4v) is 4.71. The number of carbonyl (C=O) groups excluding carboxylic acids is 2. The molecular weight excluding hydrogens is 488 g/mol. The van der Waals surface area contributed by atoms with Crippen molar-refractivity contribution in [2.24, 2.45) is 0 Å². The van der Waals surface area contributed by atoms with Crippen LogP contribution in [0.5, 0.6) is 11.5 Å². The number of hydrogen-bond acceptors (Lipinski definition) is 8. The predicted octanol–water partition coefficient (Wildman–Crippen LogP) is 6.59. The standard InChI is InChI=1S/C26H21N5O2S.CHNO/c1-16-22(23-24(27)28-15-29-25(23)34-16)17-10-12-18(13-11-17)30-26(32)31-19-6-5-9-21(14-19)33-20-7-3-2-4-8-20;2-1-3/h2-15H,1H3,(H2,27,28,29)(H2,30,31,32);2H. The zero-order valence-corrected chi connectivity index (χ0v) is 20.5. The Bertz CT molecular complexity index is 1560. The lowest BCUT2D eigenvalue weighted by molar-refractivity contribution is 0.262. The second-order valence-electron chi connectivity index (χ2n) is 7.67. The molecule has 2 aromatic heterocycles. The van der Waals surface area contributed by atoms with Gasteiger partial charge in [-0.15, -0.1) is 11.3 Å². The van der Waals surface area contributed by atoms with Crippen LogP contribution < -0.4 is 21.1 Å². The number of carbonyl (C=O) groups is 1. The van der Waals surface area contributed by atoms with Crippen molar-refractivity contribution in [2.45, 2.75) is 6.92 Å². The van der Waals surface area contributed by atoms with Crippen molar-refractivity contribution >= 4 is 50.9 Å². The van der Waals surface area contributed by atoms with Gasteiger partial charge in [-0.05, 0) is 48.9 Å². The molecule has 0 saturated heterocycles. The van der Waals surface area contributed by atoms with Crippen LogP contribution in [0, 0.1) is 12.3 Å². The molecule has 5 aromatic rings. The molecule has 3 aromatic carbocycles. The number of nitrogen functional groups attached to an aromatic ring is 1. The molecule has 9 nitrogen and oxygen atoms in total. The number of benzene rings is 3. The minimum absolute atomic E-state index is 0.348. The number of fused-ring (bicyclic) bond motifs is 1. The van der Waals surface area contributed by atoms with Gasteiger partial charge in [-0.25, -0.2) is 25.0 Å². The molecule has 5 N–H and O–H groups in total. The molecule has 0 atom stereocenters. The van der Waals surface area contributed by atoms with Crippen molar-refractivity contribution < 1.29 is 14.3 Å². The molecular formula is C27H22N6O3S. The van der Waals surface area contributed by atoms with Gasteiger partial charge in [-0.3, -0.25) is 0 Å². The average Bonchev–Trinajstić information content (AvgIpc) is 3.23. The number of amides is 2. The lowest BCUT2D eigenvalue weighted by Crippen LogP contribution is -2.19. The maximum Gasteiger partial charge on any atom is 0.323 e. The maximum atomic E-state index is 12.5. The minimum Gasteiger partial charge on any atom is -0.457 e. The average molecular weight is 511 g/mol. The lowest BCUT2D eigenvalue weighted by Gasteiger charge is -2.11. The first-order valence-electron chi connectivity index (χ1n) is 11.0. The van der Waals surface area contributed by atoms with Crippen LogP contribution in [0.3, 0.4) is 0 Å². The normalized spacial score (nSPS) is 10.1. The Morgan fingerprint density at radius 3 is 2.35 bits per heavy atom. The van der Waals surface area contributed by atoms with Crippen LogP contribution in [0.25, 0.3) is 21.3 Å². The first kappa shape index (κ1) is 25.1. The lowest BCUT2D eigenvalue weighted by atomic mass is 10.0. The number of ether oxygens (including phenoxy) is 1. The van der Waals surface area contributed by atoms with Gasteiger partial charge in [-0.1, -0.05) is 36.4 Å². The number of para-hydroxylation sites is 1. The Balaban J connectivity index is 0.00000102. The third kappa shape index (κ3) is 6.15. The number of nitrogens with zero attached hydrogens (tertiary/aromatic N) is 2.